The minimum absolute atomic E-state index is 0.0514. The zero-order valence-electron chi connectivity index (χ0n) is 15.4. The van der Waals surface area contributed by atoms with Crippen molar-refractivity contribution in [3.8, 4) is 11.3 Å². The van der Waals surface area contributed by atoms with Crippen LogP contribution in [0, 0.1) is 0 Å². The van der Waals surface area contributed by atoms with Crippen LogP contribution in [0.4, 0.5) is 0 Å². The van der Waals surface area contributed by atoms with E-state index in [0.29, 0.717) is 5.56 Å². The largest absolute Gasteiger partial charge is 0.479 e. The van der Waals surface area contributed by atoms with Gasteiger partial charge < -0.3 is 34.7 Å². The van der Waals surface area contributed by atoms with Crippen molar-refractivity contribution in [2.24, 2.45) is 0 Å². The fourth-order valence-electron chi connectivity index (χ4n) is 3.49. The molecule has 3 aromatic rings. The van der Waals surface area contributed by atoms with Gasteiger partial charge in [-0.15, -0.1) is 0 Å². The molecular weight excluding hydrogens is 396 g/mol. The van der Waals surface area contributed by atoms with E-state index in [4.69, 9.17) is 9.15 Å². The molecule has 9 nitrogen and oxygen atoms in total. The fourth-order valence-corrected chi connectivity index (χ4v) is 3.49. The molecule has 0 aliphatic carbocycles. The van der Waals surface area contributed by atoms with Crippen LogP contribution in [0.15, 0.2) is 63.8 Å². The van der Waals surface area contributed by atoms with Crippen molar-refractivity contribution in [2.75, 3.05) is 0 Å². The molecule has 30 heavy (non-hydrogen) atoms. The van der Waals surface area contributed by atoms with Gasteiger partial charge >= 0.3 is 5.97 Å². The van der Waals surface area contributed by atoms with E-state index in [2.05, 4.69) is 0 Å². The smallest absolute Gasteiger partial charge is 0.335 e. The zero-order valence-corrected chi connectivity index (χ0v) is 15.4. The Morgan fingerprint density at radius 3 is 2.33 bits per heavy atom. The lowest BCUT2D eigenvalue weighted by Gasteiger charge is -2.44. The van der Waals surface area contributed by atoms with Crippen LogP contribution >= 0.6 is 0 Å². The number of carboxylic acid groups (broad SMARTS) is 1. The van der Waals surface area contributed by atoms with Gasteiger partial charge in [-0.1, -0.05) is 36.4 Å². The maximum atomic E-state index is 12.5. The Morgan fingerprint density at radius 2 is 1.67 bits per heavy atom. The Kier molecular flexibility index (Phi) is 4.92. The third kappa shape index (κ3) is 3.18. The highest BCUT2D eigenvalue weighted by Crippen LogP contribution is 2.37. The van der Waals surface area contributed by atoms with Crippen LogP contribution < -0.4 is 5.43 Å². The van der Waals surface area contributed by atoms with Gasteiger partial charge in [-0.05, 0) is 12.1 Å². The monoisotopic (exact) mass is 414 g/mol. The average Bonchev–Trinajstić information content (AvgIpc) is 2.74. The fraction of sp³-hybridized carbons (Fsp3) is 0.238. The van der Waals surface area contributed by atoms with Gasteiger partial charge in [0.2, 0.25) is 5.79 Å². The second-order valence-corrected chi connectivity index (χ2v) is 7.05. The molecule has 5 N–H and O–H groups in total. The number of aliphatic hydroxyl groups is 4. The Bertz CT molecular complexity index is 1160. The minimum atomic E-state index is -2.67. The van der Waals surface area contributed by atoms with Gasteiger partial charge in [0.15, 0.2) is 11.5 Å². The molecule has 0 amide bonds. The standard InChI is InChI=1S/C21H18O9/c22-13-9-14(10-4-2-1-3-5-10)29-15-8-11(6-7-12(13)15)21(28)19(25)17(24)16(23)18(30-21)20(26)27/h1-9,16-19,23-25,28H,(H,26,27)/t16-,17-,18-,19+,21-/m0/s1. The Hall–Kier alpha value is -3.08. The molecule has 2 heterocycles. The number of hydrogen-bond acceptors (Lipinski definition) is 8. The highest BCUT2D eigenvalue weighted by molar-refractivity contribution is 5.79. The molecule has 9 heteroatoms. The van der Waals surface area contributed by atoms with E-state index >= 15 is 0 Å². The summed E-state index contributed by atoms with van der Waals surface area (Å²) in [6.45, 7) is 0. The van der Waals surface area contributed by atoms with E-state index in [1.54, 1.807) is 30.3 Å². The first-order chi connectivity index (χ1) is 14.2. The van der Waals surface area contributed by atoms with Crippen LogP contribution in [-0.4, -0.2) is 55.9 Å². The van der Waals surface area contributed by atoms with Crippen LogP contribution in [0.3, 0.4) is 0 Å². The number of carboxylic acids is 1. The molecule has 156 valence electrons. The lowest BCUT2D eigenvalue weighted by Crippen LogP contribution is -2.64. The number of hydrogen-bond donors (Lipinski definition) is 5. The first-order valence-electron chi connectivity index (χ1n) is 9.03. The molecule has 0 bridgehead atoms. The van der Waals surface area contributed by atoms with Crippen molar-refractivity contribution in [2.45, 2.75) is 30.2 Å². The molecule has 1 aromatic heterocycles. The molecule has 1 saturated heterocycles. The number of aliphatic carboxylic acids is 1. The van der Waals surface area contributed by atoms with Gasteiger partial charge in [0.25, 0.3) is 0 Å². The minimum Gasteiger partial charge on any atom is -0.479 e. The van der Waals surface area contributed by atoms with Gasteiger partial charge in [-0.25, -0.2) is 4.79 Å². The quantitative estimate of drug-likeness (QED) is 0.403. The second kappa shape index (κ2) is 7.31. The molecule has 1 aliphatic rings. The average molecular weight is 414 g/mol. The van der Waals surface area contributed by atoms with Crippen molar-refractivity contribution >= 4 is 16.9 Å². The molecule has 1 fully saturated rings. The van der Waals surface area contributed by atoms with Gasteiger partial charge in [0.05, 0.1) is 5.39 Å². The van der Waals surface area contributed by atoms with E-state index in [9.17, 15) is 35.1 Å². The van der Waals surface area contributed by atoms with E-state index in [1.807, 2.05) is 0 Å². The molecule has 0 unspecified atom stereocenters. The first kappa shape index (κ1) is 20.2. The zero-order chi connectivity index (χ0) is 21.6. The summed E-state index contributed by atoms with van der Waals surface area (Å²) in [5.41, 5.74) is 0.181. The summed E-state index contributed by atoms with van der Waals surface area (Å²) in [5.74, 6) is -4.04. The summed E-state index contributed by atoms with van der Waals surface area (Å²) >= 11 is 0. The predicted octanol–water partition coefficient (Wildman–Crippen LogP) is 0.171. The molecule has 4 rings (SSSR count). The summed E-state index contributed by atoms with van der Waals surface area (Å²) in [5, 5.41) is 50.5. The Morgan fingerprint density at radius 1 is 0.967 bits per heavy atom. The molecular formula is C21H18O9. The maximum absolute atomic E-state index is 12.5. The summed E-state index contributed by atoms with van der Waals surface area (Å²) in [4.78, 5) is 23.8. The molecule has 0 saturated carbocycles. The summed E-state index contributed by atoms with van der Waals surface area (Å²) in [6, 6.07) is 13.9. The van der Waals surface area contributed by atoms with Crippen molar-refractivity contribution in [3.63, 3.8) is 0 Å². The summed E-state index contributed by atoms with van der Waals surface area (Å²) in [6.07, 6.45) is -8.01. The van der Waals surface area contributed by atoms with Gasteiger partial charge in [-0.2, -0.15) is 0 Å². The lowest BCUT2D eigenvalue weighted by atomic mass is 9.88. The van der Waals surface area contributed by atoms with Gasteiger partial charge in [-0.3, -0.25) is 4.79 Å². The lowest BCUT2D eigenvalue weighted by molar-refractivity contribution is -0.349. The normalized spacial score (nSPS) is 29.1. The van der Waals surface area contributed by atoms with E-state index in [-0.39, 0.29) is 27.7 Å². The van der Waals surface area contributed by atoms with Crippen molar-refractivity contribution in [1.29, 1.82) is 0 Å². The first-order valence-corrected chi connectivity index (χ1v) is 9.03. The third-order valence-corrected chi connectivity index (χ3v) is 5.14. The number of carbonyl (C=O) groups is 1. The Labute approximate surface area is 169 Å². The number of fused-ring (bicyclic) bond motifs is 1. The maximum Gasteiger partial charge on any atom is 0.335 e. The SMILES string of the molecule is O=C(O)[C@H]1O[C@@](O)(c2ccc3c(=O)cc(-c4ccccc4)oc3c2)[C@H](O)[C@@H](O)[C@@H]1O. The highest BCUT2D eigenvalue weighted by Gasteiger charge is 2.56. The predicted molar refractivity (Wildman–Crippen MR) is 102 cm³/mol. The number of ether oxygens (including phenoxy) is 1. The molecule has 5 atom stereocenters. The molecule has 1 aliphatic heterocycles. The number of benzene rings is 2. The topological polar surface area (TPSA) is 158 Å². The van der Waals surface area contributed by atoms with Crippen LogP contribution in [0.1, 0.15) is 5.56 Å². The van der Waals surface area contributed by atoms with Crippen LogP contribution in [0.25, 0.3) is 22.3 Å². The molecule has 2 aromatic carbocycles. The number of aliphatic hydroxyl groups excluding tert-OH is 3. The van der Waals surface area contributed by atoms with Gasteiger partial charge in [0, 0.05) is 17.2 Å². The van der Waals surface area contributed by atoms with Gasteiger partial charge in [0.1, 0.15) is 29.7 Å². The van der Waals surface area contributed by atoms with Crippen molar-refractivity contribution in [1.82, 2.24) is 0 Å². The summed E-state index contributed by atoms with van der Waals surface area (Å²) in [7, 11) is 0. The molecule has 0 radical (unpaired) electrons. The third-order valence-electron chi connectivity index (χ3n) is 5.14. The Balaban J connectivity index is 1.84. The highest BCUT2D eigenvalue weighted by atomic mass is 16.7. The second-order valence-electron chi connectivity index (χ2n) is 7.05. The van der Waals surface area contributed by atoms with E-state index < -0.39 is 36.2 Å². The van der Waals surface area contributed by atoms with E-state index in [1.165, 1.54) is 24.3 Å². The van der Waals surface area contributed by atoms with Crippen LogP contribution in [0.2, 0.25) is 0 Å². The van der Waals surface area contributed by atoms with E-state index in [0.717, 1.165) is 0 Å². The van der Waals surface area contributed by atoms with Crippen LogP contribution in [-0.2, 0) is 15.3 Å². The van der Waals surface area contributed by atoms with Crippen molar-refractivity contribution < 1.29 is 39.5 Å². The molecule has 0 spiro atoms. The summed E-state index contributed by atoms with van der Waals surface area (Å²) < 4.78 is 10.9. The van der Waals surface area contributed by atoms with Crippen molar-refractivity contribution in [3.05, 3.63) is 70.4 Å². The number of rotatable bonds is 3. The van der Waals surface area contributed by atoms with Crippen LogP contribution in [0.5, 0.6) is 0 Å².